The number of halogens is 1. The van der Waals surface area contributed by atoms with Crippen LogP contribution in [0.4, 0.5) is 0 Å². The van der Waals surface area contributed by atoms with E-state index in [0.717, 1.165) is 11.9 Å². The van der Waals surface area contributed by atoms with E-state index in [-0.39, 0.29) is 18.8 Å². The molecule has 1 heterocycles. The van der Waals surface area contributed by atoms with E-state index in [9.17, 15) is 0 Å². The minimum Gasteiger partial charge on any atom is -0.405 e. The summed E-state index contributed by atoms with van der Waals surface area (Å²) in [6, 6.07) is 12.7. The first kappa shape index (κ1) is 14.4. The summed E-state index contributed by atoms with van der Waals surface area (Å²) in [6.45, 7) is 6.38. The molecule has 0 saturated carbocycles. The Labute approximate surface area is 134 Å². The summed E-state index contributed by atoms with van der Waals surface area (Å²) in [5.41, 5.74) is 0.979. The summed E-state index contributed by atoms with van der Waals surface area (Å²) in [7, 11) is -0.282. The fraction of sp³-hybridized carbons (Fsp3) is 0.375. The fourth-order valence-electron chi connectivity index (χ4n) is 2.96. The first-order valence-corrected chi connectivity index (χ1v) is 8.04. The zero-order chi connectivity index (χ0) is 14.3. The molecule has 0 spiro atoms. The van der Waals surface area contributed by atoms with Gasteiger partial charge in [0.15, 0.2) is 0 Å². The Bertz CT molecular complexity index is 641. The third kappa shape index (κ3) is 2.74. The van der Waals surface area contributed by atoms with Gasteiger partial charge in [0.1, 0.15) is 0 Å². The minimum absolute atomic E-state index is 0.146. The molecule has 0 aromatic heterocycles. The van der Waals surface area contributed by atoms with E-state index in [1.165, 1.54) is 14.3 Å². The lowest BCUT2D eigenvalue weighted by molar-refractivity contribution is -0.0228. The first-order chi connectivity index (χ1) is 9.46. The summed E-state index contributed by atoms with van der Waals surface area (Å²) < 4.78 is 13.4. The topological polar surface area (TPSA) is 18.5 Å². The van der Waals surface area contributed by atoms with Crippen LogP contribution in [0.1, 0.15) is 27.2 Å². The molecule has 0 bridgehead atoms. The highest BCUT2D eigenvalue weighted by molar-refractivity contribution is 14.1. The summed E-state index contributed by atoms with van der Waals surface area (Å²) in [4.78, 5) is 0. The van der Waals surface area contributed by atoms with Crippen LogP contribution in [0.5, 0.6) is 0 Å². The largest absolute Gasteiger partial charge is 0.495 e. The Kier molecular flexibility index (Phi) is 3.82. The molecule has 0 radical (unpaired) electrons. The van der Waals surface area contributed by atoms with Crippen molar-refractivity contribution in [3.05, 3.63) is 40.0 Å². The van der Waals surface area contributed by atoms with Crippen molar-refractivity contribution in [2.24, 2.45) is 0 Å². The third-order valence-corrected chi connectivity index (χ3v) is 4.66. The molecule has 0 N–H and O–H groups in total. The number of hydrogen-bond acceptors (Lipinski definition) is 2. The van der Waals surface area contributed by atoms with Crippen LogP contribution in [0.2, 0.25) is 0 Å². The van der Waals surface area contributed by atoms with Gasteiger partial charge < -0.3 is 9.31 Å². The molecular formula is C16H18BIO2. The summed E-state index contributed by atoms with van der Waals surface area (Å²) in [5, 5.41) is 2.48. The maximum absolute atomic E-state index is 6.15. The molecule has 4 heteroatoms. The highest BCUT2D eigenvalue weighted by Gasteiger charge is 2.38. The van der Waals surface area contributed by atoms with Gasteiger partial charge in [-0.3, -0.25) is 0 Å². The predicted octanol–water partition coefficient (Wildman–Crippen LogP) is 3.74. The molecular weight excluding hydrogens is 362 g/mol. The second kappa shape index (κ2) is 5.32. The molecule has 20 heavy (non-hydrogen) atoms. The molecule has 1 atom stereocenters. The van der Waals surface area contributed by atoms with Gasteiger partial charge in [-0.05, 0) is 72.1 Å². The number of hydrogen-bond donors (Lipinski definition) is 0. The normalized spacial score (nSPS) is 22.2. The third-order valence-electron chi connectivity index (χ3n) is 3.72. The fourth-order valence-corrected chi connectivity index (χ4v) is 3.63. The first-order valence-electron chi connectivity index (χ1n) is 6.97. The summed E-state index contributed by atoms with van der Waals surface area (Å²) in [5.74, 6) is 0. The minimum atomic E-state index is -0.282. The van der Waals surface area contributed by atoms with Crippen molar-refractivity contribution in [1.82, 2.24) is 0 Å². The maximum atomic E-state index is 6.15. The van der Waals surface area contributed by atoms with E-state index < -0.39 is 0 Å². The maximum Gasteiger partial charge on any atom is 0.495 e. The second-order valence-corrected chi connectivity index (χ2v) is 7.20. The zero-order valence-electron chi connectivity index (χ0n) is 12.0. The van der Waals surface area contributed by atoms with Crippen LogP contribution < -0.4 is 5.46 Å². The number of rotatable bonds is 1. The average molecular weight is 380 g/mol. The molecule has 1 aliphatic heterocycles. The van der Waals surface area contributed by atoms with Crippen LogP contribution in [0.15, 0.2) is 36.4 Å². The molecule has 0 unspecified atom stereocenters. The van der Waals surface area contributed by atoms with Crippen molar-refractivity contribution in [3.63, 3.8) is 0 Å². The van der Waals surface area contributed by atoms with Gasteiger partial charge in [-0.2, -0.15) is 0 Å². The number of benzene rings is 2. The SMILES string of the molecule is C[C@H]1CC(C)(C)OB(c2cccc3c(I)cccc23)O1. The van der Waals surface area contributed by atoms with Crippen molar-refractivity contribution >= 4 is 45.9 Å². The van der Waals surface area contributed by atoms with Gasteiger partial charge in [-0.1, -0.05) is 30.3 Å². The Morgan fingerprint density at radius 1 is 1.15 bits per heavy atom. The van der Waals surface area contributed by atoms with Crippen molar-refractivity contribution < 1.29 is 9.31 Å². The van der Waals surface area contributed by atoms with Gasteiger partial charge in [-0.15, -0.1) is 0 Å². The lowest BCUT2D eigenvalue weighted by atomic mass is 9.73. The molecule has 104 valence electrons. The smallest absolute Gasteiger partial charge is 0.405 e. The van der Waals surface area contributed by atoms with Gasteiger partial charge >= 0.3 is 7.12 Å². The Hall–Kier alpha value is -0.585. The van der Waals surface area contributed by atoms with Crippen LogP contribution in [-0.2, 0) is 9.31 Å². The van der Waals surface area contributed by atoms with E-state index in [1.54, 1.807) is 0 Å². The quantitative estimate of drug-likeness (QED) is 0.555. The van der Waals surface area contributed by atoms with Crippen LogP contribution in [0, 0.1) is 3.57 Å². The van der Waals surface area contributed by atoms with Gasteiger partial charge in [-0.25, -0.2) is 0 Å². The molecule has 3 rings (SSSR count). The van der Waals surface area contributed by atoms with E-state index >= 15 is 0 Å². The van der Waals surface area contributed by atoms with Crippen LogP contribution in [0.3, 0.4) is 0 Å². The lowest BCUT2D eigenvalue weighted by Gasteiger charge is -2.38. The highest BCUT2D eigenvalue weighted by atomic mass is 127. The molecule has 1 aliphatic rings. The van der Waals surface area contributed by atoms with Crippen LogP contribution in [-0.4, -0.2) is 18.8 Å². The molecule has 1 saturated heterocycles. The molecule has 1 fully saturated rings. The summed E-state index contributed by atoms with van der Waals surface area (Å²) >= 11 is 2.37. The Morgan fingerprint density at radius 3 is 2.60 bits per heavy atom. The van der Waals surface area contributed by atoms with Crippen LogP contribution in [0.25, 0.3) is 10.8 Å². The Morgan fingerprint density at radius 2 is 1.85 bits per heavy atom. The van der Waals surface area contributed by atoms with Crippen molar-refractivity contribution in [2.75, 3.05) is 0 Å². The molecule has 2 nitrogen and oxygen atoms in total. The molecule has 2 aromatic carbocycles. The van der Waals surface area contributed by atoms with Gasteiger partial charge in [0.05, 0.1) is 5.60 Å². The van der Waals surface area contributed by atoms with Gasteiger partial charge in [0.25, 0.3) is 0 Å². The zero-order valence-corrected chi connectivity index (χ0v) is 14.2. The van der Waals surface area contributed by atoms with Crippen LogP contribution >= 0.6 is 22.6 Å². The number of fused-ring (bicyclic) bond motifs is 1. The second-order valence-electron chi connectivity index (χ2n) is 6.04. The lowest BCUT2D eigenvalue weighted by Crippen LogP contribution is -2.51. The average Bonchev–Trinajstić information content (AvgIpc) is 2.36. The molecule has 0 amide bonds. The van der Waals surface area contributed by atoms with Crippen molar-refractivity contribution in [1.29, 1.82) is 0 Å². The molecule has 2 aromatic rings. The van der Waals surface area contributed by atoms with E-state index in [1.807, 2.05) is 0 Å². The standard InChI is InChI=1S/C16H18BIO2/c1-11-10-16(2,3)20-17(19-11)14-8-4-7-13-12(14)6-5-9-15(13)18/h4-9,11H,10H2,1-3H3/t11-/m0/s1. The van der Waals surface area contributed by atoms with E-state index in [2.05, 4.69) is 79.8 Å². The van der Waals surface area contributed by atoms with Gasteiger partial charge in [0, 0.05) is 9.67 Å². The van der Waals surface area contributed by atoms with Crippen molar-refractivity contribution in [3.8, 4) is 0 Å². The van der Waals surface area contributed by atoms with E-state index in [4.69, 9.17) is 9.31 Å². The Balaban J connectivity index is 2.08. The van der Waals surface area contributed by atoms with E-state index in [0.29, 0.717) is 0 Å². The predicted molar refractivity (Wildman–Crippen MR) is 92.4 cm³/mol. The molecule has 0 aliphatic carbocycles. The van der Waals surface area contributed by atoms with Gasteiger partial charge in [0.2, 0.25) is 0 Å². The highest BCUT2D eigenvalue weighted by Crippen LogP contribution is 2.27. The monoisotopic (exact) mass is 380 g/mol. The summed E-state index contributed by atoms with van der Waals surface area (Å²) in [6.07, 6.45) is 1.13. The van der Waals surface area contributed by atoms with Crippen molar-refractivity contribution in [2.45, 2.75) is 38.9 Å².